The summed E-state index contributed by atoms with van der Waals surface area (Å²) in [6.45, 7) is 9.62. The van der Waals surface area contributed by atoms with Gasteiger partial charge in [-0.15, -0.1) is 0 Å². The maximum Gasteiger partial charge on any atom is 0.228 e. The van der Waals surface area contributed by atoms with Gasteiger partial charge in [-0.1, -0.05) is 33.6 Å². The summed E-state index contributed by atoms with van der Waals surface area (Å²) < 4.78 is 0. The molecule has 1 aliphatic heterocycles. The molecule has 1 aliphatic carbocycles. The highest BCUT2D eigenvalue weighted by molar-refractivity contribution is 5.83. The highest BCUT2D eigenvalue weighted by Gasteiger charge is 2.44. The first-order chi connectivity index (χ1) is 9.57. The molecular weight excluding hydrogens is 248 g/mol. The molecule has 2 fully saturated rings. The molecule has 0 aromatic rings. The summed E-state index contributed by atoms with van der Waals surface area (Å²) in [5, 5.41) is 3.52. The molecular formula is C17H32N2O. The van der Waals surface area contributed by atoms with E-state index in [1.165, 1.54) is 12.8 Å². The van der Waals surface area contributed by atoms with Gasteiger partial charge < -0.3 is 10.2 Å². The quantitative estimate of drug-likeness (QED) is 0.839. The second kappa shape index (κ2) is 6.93. The van der Waals surface area contributed by atoms with Crippen LogP contribution in [-0.2, 0) is 4.79 Å². The molecule has 0 bridgehead atoms. The molecule has 20 heavy (non-hydrogen) atoms. The summed E-state index contributed by atoms with van der Waals surface area (Å²) in [5.41, 5.74) is -0.0147. The van der Waals surface area contributed by atoms with Crippen LogP contribution in [0.4, 0.5) is 0 Å². The SMILES string of the molecule is CCNC1CCN(C(=O)C2(CC(C)C)CCCC2)CC1. The highest BCUT2D eigenvalue weighted by Crippen LogP contribution is 2.45. The van der Waals surface area contributed by atoms with Gasteiger partial charge >= 0.3 is 0 Å². The highest BCUT2D eigenvalue weighted by atomic mass is 16.2. The Balaban J connectivity index is 1.95. The summed E-state index contributed by atoms with van der Waals surface area (Å²) in [7, 11) is 0. The minimum Gasteiger partial charge on any atom is -0.342 e. The predicted octanol–water partition coefficient (Wildman–Crippen LogP) is 3.19. The van der Waals surface area contributed by atoms with Gasteiger partial charge in [-0.2, -0.15) is 0 Å². The molecule has 0 aromatic carbocycles. The Morgan fingerprint density at radius 3 is 2.35 bits per heavy atom. The summed E-state index contributed by atoms with van der Waals surface area (Å²) in [6.07, 6.45) is 8.06. The molecule has 1 N–H and O–H groups in total. The zero-order valence-electron chi connectivity index (χ0n) is 13.6. The number of piperidine rings is 1. The number of carbonyl (C=O) groups excluding carboxylic acids is 1. The van der Waals surface area contributed by atoms with Crippen LogP contribution in [0.2, 0.25) is 0 Å². The van der Waals surface area contributed by atoms with E-state index in [4.69, 9.17) is 0 Å². The topological polar surface area (TPSA) is 32.3 Å². The lowest BCUT2D eigenvalue weighted by molar-refractivity contribution is -0.144. The number of hydrogen-bond acceptors (Lipinski definition) is 2. The molecule has 1 amide bonds. The van der Waals surface area contributed by atoms with Gasteiger partial charge in [-0.3, -0.25) is 4.79 Å². The molecule has 3 heteroatoms. The minimum absolute atomic E-state index is 0.0147. The lowest BCUT2D eigenvalue weighted by Crippen LogP contribution is -2.50. The van der Waals surface area contributed by atoms with E-state index in [-0.39, 0.29) is 5.41 Å². The van der Waals surface area contributed by atoms with Crippen molar-refractivity contribution < 1.29 is 4.79 Å². The molecule has 3 nitrogen and oxygen atoms in total. The van der Waals surface area contributed by atoms with Crippen molar-refractivity contribution in [2.45, 2.75) is 71.8 Å². The van der Waals surface area contributed by atoms with Gasteiger partial charge in [-0.05, 0) is 44.6 Å². The van der Waals surface area contributed by atoms with Crippen LogP contribution in [-0.4, -0.2) is 36.5 Å². The number of carbonyl (C=O) groups is 1. The van der Waals surface area contributed by atoms with Gasteiger partial charge in [0, 0.05) is 24.5 Å². The van der Waals surface area contributed by atoms with E-state index in [1.54, 1.807) is 0 Å². The van der Waals surface area contributed by atoms with E-state index in [0.29, 0.717) is 17.9 Å². The number of nitrogens with zero attached hydrogens (tertiary/aromatic N) is 1. The Morgan fingerprint density at radius 1 is 1.25 bits per heavy atom. The van der Waals surface area contributed by atoms with E-state index in [1.807, 2.05) is 0 Å². The molecule has 0 radical (unpaired) electrons. The van der Waals surface area contributed by atoms with Crippen LogP contribution in [0.3, 0.4) is 0 Å². The summed E-state index contributed by atoms with van der Waals surface area (Å²) in [4.78, 5) is 15.2. The minimum atomic E-state index is -0.0147. The van der Waals surface area contributed by atoms with Crippen molar-refractivity contribution in [2.75, 3.05) is 19.6 Å². The Bertz CT molecular complexity index is 313. The number of likely N-dealkylation sites (tertiary alicyclic amines) is 1. The molecule has 0 aromatic heterocycles. The largest absolute Gasteiger partial charge is 0.342 e. The number of amides is 1. The summed E-state index contributed by atoms with van der Waals surface area (Å²) >= 11 is 0. The molecule has 0 unspecified atom stereocenters. The first-order valence-electron chi connectivity index (χ1n) is 8.60. The van der Waals surface area contributed by atoms with Gasteiger partial charge in [-0.25, -0.2) is 0 Å². The Labute approximate surface area is 124 Å². The van der Waals surface area contributed by atoms with Crippen LogP contribution in [0.15, 0.2) is 0 Å². The zero-order valence-corrected chi connectivity index (χ0v) is 13.6. The van der Waals surface area contributed by atoms with Crippen LogP contribution in [0.25, 0.3) is 0 Å². The third-order valence-electron chi connectivity index (χ3n) is 5.09. The van der Waals surface area contributed by atoms with Crippen LogP contribution in [0, 0.1) is 11.3 Å². The Morgan fingerprint density at radius 2 is 1.85 bits per heavy atom. The fourth-order valence-corrected chi connectivity index (χ4v) is 4.25. The number of nitrogens with one attached hydrogen (secondary N) is 1. The molecule has 116 valence electrons. The van der Waals surface area contributed by atoms with Crippen molar-refractivity contribution in [1.29, 1.82) is 0 Å². The second-order valence-corrected chi connectivity index (χ2v) is 7.21. The zero-order chi connectivity index (χ0) is 14.6. The van der Waals surface area contributed by atoms with Crippen molar-refractivity contribution >= 4 is 5.91 Å². The van der Waals surface area contributed by atoms with Gasteiger partial charge in [0.05, 0.1) is 0 Å². The van der Waals surface area contributed by atoms with Gasteiger partial charge in [0.25, 0.3) is 0 Å². The van der Waals surface area contributed by atoms with Crippen molar-refractivity contribution in [3.63, 3.8) is 0 Å². The van der Waals surface area contributed by atoms with Crippen molar-refractivity contribution in [1.82, 2.24) is 10.2 Å². The molecule has 0 spiro atoms. The lowest BCUT2D eigenvalue weighted by atomic mass is 9.77. The van der Waals surface area contributed by atoms with Crippen molar-refractivity contribution in [2.24, 2.45) is 11.3 Å². The fraction of sp³-hybridized carbons (Fsp3) is 0.941. The van der Waals surface area contributed by atoms with E-state index in [0.717, 1.165) is 51.7 Å². The average Bonchev–Trinajstić information content (AvgIpc) is 2.88. The number of hydrogen-bond donors (Lipinski definition) is 1. The monoisotopic (exact) mass is 280 g/mol. The lowest BCUT2D eigenvalue weighted by Gasteiger charge is -2.39. The fourth-order valence-electron chi connectivity index (χ4n) is 4.25. The molecule has 0 atom stereocenters. The van der Waals surface area contributed by atoms with Crippen LogP contribution < -0.4 is 5.32 Å². The third-order valence-corrected chi connectivity index (χ3v) is 5.09. The van der Waals surface area contributed by atoms with Crippen LogP contribution >= 0.6 is 0 Å². The van der Waals surface area contributed by atoms with E-state index >= 15 is 0 Å². The van der Waals surface area contributed by atoms with Gasteiger partial charge in [0.1, 0.15) is 0 Å². The summed E-state index contributed by atoms with van der Waals surface area (Å²) in [5.74, 6) is 1.09. The first-order valence-corrected chi connectivity index (χ1v) is 8.60. The van der Waals surface area contributed by atoms with Gasteiger partial charge in [0.15, 0.2) is 0 Å². The molecule has 1 saturated carbocycles. The molecule has 2 rings (SSSR count). The Kier molecular flexibility index (Phi) is 5.48. The van der Waals surface area contributed by atoms with Crippen molar-refractivity contribution in [3.8, 4) is 0 Å². The van der Waals surface area contributed by atoms with Gasteiger partial charge in [0.2, 0.25) is 5.91 Å². The second-order valence-electron chi connectivity index (χ2n) is 7.21. The molecule has 1 saturated heterocycles. The Hall–Kier alpha value is -0.570. The third kappa shape index (κ3) is 3.55. The van der Waals surface area contributed by atoms with Crippen LogP contribution in [0.5, 0.6) is 0 Å². The van der Waals surface area contributed by atoms with E-state index < -0.39 is 0 Å². The van der Waals surface area contributed by atoms with E-state index in [9.17, 15) is 4.79 Å². The maximum absolute atomic E-state index is 13.0. The van der Waals surface area contributed by atoms with Crippen molar-refractivity contribution in [3.05, 3.63) is 0 Å². The smallest absolute Gasteiger partial charge is 0.228 e. The standard InChI is InChI=1S/C17H32N2O/c1-4-18-15-7-11-19(12-8-15)16(20)17(13-14(2)3)9-5-6-10-17/h14-15,18H,4-13H2,1-3H3. The first kappa shape index (κ1) is 15.8. The average molecular weight is 280 g/mol. The molecule has 2 aliphatic rings. The van der Waals surface area contributed by atoms with E-state index in [2.05, 4.69) is 31.0 Å². The normalized spacial score (nSPS) is 23.5. The number of rotatable bonds is 5. The van der Waals surface area contributed by atoms with Crippen LogP contribution in [0.1, 0.15) is 65.7 Å². The predicted molar refractivity (Wildman–Crippen MR) is 83.6 cm³/mol. The molecule has 1 heterocycles. The summed E-state index contributed by atoms with van der Waals surface area (Å²) in [6, 6.07) is 0.619. The maximum atomic E-state index is 13.0.